The molecule has 0 aliphatic rings. The van der Waals surface area contributed by atoms with Gasteiger partial charge in [-0.05, 0) is 38.3 Å². The maximum Gasteiger partial charge on any atom is 0.0395 e. The molecular formula is C13H20BrN. The minimum atomic E-state index is 1.09. The molecule has 0 saturated heterocycles. The third kappa shape index (κ3) is 3.86. The Morgan fingerprint density at radius 3 is 2.53 bits per heavy atom. The van der Waals surface area contributed by atoms with E-state index in [1.54, 1.807) is 0 Å². The molecule has 0 N–H and O–H groups in total. The van der Waals surface area contributed by atoms with Gasteiger partial charge in [-0.2, -0.15) is 0 Å². The molecule has 15 heavy (non-hydrogen) atoms. The van der Waals surface area contributed by atoms with Gasteiger partial charge in [0.1, 0.15) is 0 Å². The number of halogens is 1. The van der Waals surface area contributed by atoms with Gasteiger partial charge < -0.3 is 4.90 Å². The summed E-state index contributed by atoms with van der Waals surface area (Å²) in [6.07, 6.45) is 2.51. The summed E-state index contributed by atoms with van der Waals surface area (Å²) in [7, 11) is 0. The predicted octanol–water partition coefficient (Wildman–Crippen LogP) is 4.00. The highest BCUT2D eigenvalue weighted by molar-refractivity contribution is 9.09. The first-order valence-corrected chi connectivity index (χ1v) is 6.78. The van der Waals surface area contributed by atoms with Crippen LogP contribution in [0.4, 0.5) is 5.69 Å². The van der Waals surface area contributed by atoms with Crippen molar-refractivity contribution in [2.75, 3.05) is 23.3 Å². The van der Waals surface area contributed by atoms with Gasteiger partial charge in [-0.25, -0.2) is 0 Å². The Kier molecular flexibility index (Phi) is 5.77. The van der Waals surface area contributed by atoms with Crippen molar-refractivity contribution >= 4 is 21.6 Å². The molecule has 2 heteroatoms. The van der Waals surface area contributed by atoms with Crippen LogP contribution in [0.2, 0.25) is 0 Å². The first kappa shape index (κ1) is 12.6. The van der Waals surface area contributed by atoms with Crippen molar-refractivity contribution in [3.05, 3.63) is 29.8 Å². The van der Waals surface area contributed by atoms with E-state index in [4.69, 9.17) is 0 Å². The third-order valence-electron chi connectivity index (χ3n) is 2.65. The largest absolute Gasteiger partial charge is 0.372 e. The standard InChI is InChI=1S/C13H20BrN/c1-3-15(11-7-6-10-14)13-9-5-4-8-12(13)2/h4-5,8-9H,3,6-7,10-11H2,1-2H3. The zero-order chi connectivity index (χ0) is 11.1. The summed E-state index contributed by atoms with van der Waals surface area (Å²) in [6, 6.07) is 8.62. The maximum absolute atomic E-state index is 3.47. The Balaban J connectivity index is 2.61. The van der Waals surface area contributed by atoms with E-state index in [0.29, 0.717) is 0 Å². The molecule has 1 rings (SSSR count). The molecule has 0 aliphatic heterocycles. The quantitative estimate of drug-likeness (QED) is 0.558. The summed E-state index contributed by atoms with van der Waals surface area (Å²) >= 11 is 3.47. The van der Waals surface area contributed by atoms with E-state index < -0.39 is 0 Å². The number of anilines is 1. The number of rotatable bonds is 6. The van der Waals surface area contributed by atoms with E-state index in [1.807, 2.05) is 0 Å². The van der Waals surface area contributed by atoms with E-state index >= 15 is 0 Å². The number of hydrogen-bond acceptors (Lipinski definition) is 1. The molecular weight excluding hydrogens is 250 g/mol. The Morgan fingerprint density at radius 1 is 1.20 bits per heavy atom. The number of aryl methyl sites for hydroxylation is 1. The van der Waals surface area contributed by atoms with Gasteiger partial charge in [-0.15, -0.1) is 0 Å². The van der Waals surface area contributed by atoms with Crippen molar-refractivity contribution in [1.29, 1.82) is 0 Å². The van der Waals surface area contributed by atoms with Crippen molar-refractivity contribution in [3.8, 4) is 0 Å². The number of alkyl halides is 1. The lowest BCUT2D eigenvalue weighted by Crippen LogP contribution is -2.24. The number of nitrogens with zero attached hydrogens (tertiary/aromatic N) is 1. The number of para-hydroxylation sites is 1. The van der Waals surface area contributed by atoms with Crippen molar-refractivity contribution < 1.29 is 0 Å². The highest BCUT2D eigenvalue weighted by atomic mass is 79.9. The predicted molar refractivity (Wildman–Crippen MR) is 72.1 cm³/mol. The van der Waals surface area contributed by atoms with Crippen LogP contribution in [0.15, 0.2) is 24.3 Å². The van der Waals surface area contributed by atoms with E-state index in [2.05, 4.69) is 58.9 Å². The second-order valence-electron chi connectivity index (χ2n) is 3.76. The molecule has 1 nitrogen and oxygen atoms in total. The normalized spacial score (nSPS) is 10.3. The minimum absolute atomic E-state index is 1.09. The topological polar surface area (TPSA) is 3.24 Å². The van der Waals surface area contributed by atoms with E-state index in [1.165, 1.54) is 24.1 Å². The highest BCUT2D eigenvalue weighted by Crippen LogP contribution is 2.19. The minimum Gasteiger partial charge on any atom is -0.372 e. The molecule has 0 heterocycles. The average Bonchev–Trinajstić information content (AvgIpc) is 2.26. The summed E-state index contributed by atoms with van der Waals surface area (Å²) in [5.74, 6) is 0. The van der Waals surface area contributed by atoms with Gasteiger partial charge in [0.25, 0.3) is 0 Å². The smallest absolute Gasteiger partial charge is 0.0395 e. The molecule has 0 atom stereocenters. The monoisotopic (exact) mass is 269 g/mol. The molecule has 0 spiro atoms. The molecule has 0 aromatic heterocycles. The fourth-order valence-electron chi connectivity index (χ4n) is 1.76. The Labute approximate surface area is 102 Å². The molecule has 1 aromatic rings. The lowest BCUT2D eigenvalue weighted by atomic mass is 10.1. The van der Waals surface area contributed by atoms with E-state index in [9.17, 15) is 0 Å². The van der Waals surface area contributed by atoms with Crippen LogP contribution >= 0.6 is 15.9 Å². The lowest BCUT2D eigenvalue weighted by Gasteiger charge is -2.24. The van der Waals surface area contributed by atoms with Crippen molar-refractivity contribution in [2.24, 2.45) is 0 Å². The zero-order valence-corrected chi connectivity index (χ0v) is 11.3. The molecule has 0 unspecified atom stereocenters. The highest BCUT2D eigenvalue weighted by Gasteiger charge is 2.05. The van der Waals surface area contributed by atoms with Crippen molar-refractivity contribution in [2.45, 2.75) is 26.7 Å². The molecule has 84 valence electrons. The number of unbranched alkanes of at least 4 members (excludes halogenated alkanes) is 1. The second kappa shape index (κ2) is 6.89. The van der Waals surface area contributed by atoms with Gasteiger partial charge >= 0.3 is 0 Å². The molecule has 1 aromatic carbocycles. The summed E-state index contributed by atoms with van der Waals surface area (Å²) in [5, 5.41) is 1.11. The first-order chi connectivity index (χ1) is 7.29. The van der Waals surface area contributed by atoms with Crippen LogP contribution in [0, 0.1) is 6.92 Å². The Morgan fingerprint density at radius 2 is 1.93 bits per heavy atom. The first-order valence-electron chi connectivity index (χ1n) is 5.66. The fraction of sp³-hybridized carbons (Fsp3) is 0.538. The average molecular weight is 270 g/mol. The van der Waals surface area contributed by atoms with Crippen molar-refractivity contribution in [1.82, 2.24) is 0 Å². The fourth-order valence-corrected chi connectivity index (χ4v) is 2.16. The van der Waals surface area contributed by atoms with E-state index in [0.717, 1.165) is 18.4 Å². The van der Waals surface area contributed by atoms with Crippen LogP contribution in [0.3, 0.4) is 0 Å². The van der Waals surface area contributed by atoms with Crippen LogP contribution in [0.5, 0.6) is 0 Å². The molecule has 0 fully saturated rings. The summed E-state index contributed by atoms with van der Waals surface area (Å²) < 4.78 is 0. The summed E-state index contributed by atoms with van der Waals surface area (Å²) in [6.45, 7) is 6.66. The SMILES string of the molecule is CCN(CCCCBr)c1ccccc1C. The van der Waals surface area contributed by atoms with E-state index in [-0.39, 0.29) is 0 Å². The zero-order valence-electron chi connectivity index (χ0n) is 9.67. The van der Waals surface area contributed by atoms with Crippen LogP contribution < -0.4 is 4.90 Å². The van der Waals surface area contributed by atoms with Crippen molar-refractivity contribution in [3.63, 3.8) is 0 Å². The summed E-state index contributed by atoms with van der Waals surface area (Å²) in [4.78, 5) is 2.46. The lowest BCUT2D eigenvalue weighted by molar-refractivity contribution is 0.736. The molecule has 0 bridgehead atoms. The molecule has 0 radical (unpaired) electrons. The van der Waals surface area contributed by atoms with Gasteiger partial charge in [-0.3, -0.25) is 0 Å². The van der Waals surface area contributed by atoms with Crippen LogP contribution in [-0.4, -0.2) is 18.4 Å². The molecule has 0 aliphatic carbocycles. The number of benzene rings is 1. The van der Waals surface area contributed by atoms with Gasteiger partial charge in [0.2, 0.25) is 0 Å². The number of hydrogen-bond donors (Lipinski definition) is 0. The Bertz CT molecular complexity index is 286. The Hall–Kier alpha value is -0.500. The third-order valence-corrected chi connectivity index (χ3v) is 3.21. The van der Waals surface area contributed by atoms with Gasteiger partial charge in [0.05, 0.1) is 0 Å². The maximum atomic E-state index is 3.47. The molecule has 0 amide bonds. The summed E-state index contributed by atoms with van der Waals surface area (Å²) in [5.41, 5.74) is 2.76. The van der Waals surface area contributed by atoms with Gasteiger partial charge in [0, 0.05) is 24.1 Å². The van der Waals surface area contributed by atoms with Crippen LogP contribution in [0.1, 0.15) is 25.3 Å². The van der Waals surface area contributed by atoms with Gasteiger partial charge in [-0.1, -0.05) is 34.1 Å². The second-order valence-corrected chi connectivity index (χ2v) is 4.56. The van der Waals surface area contributed by atoms with Crippen LogP contribution in [0.25, 0.3) is 0 Å². The van der Waals surface area contributed by atoms with Gasteiger partial charge in [0.15, 0.2) is 0 Å². The molecule has 0 saturated carbocycles. The van der Waals surface area contributed by atoms with Crippen LogP contribution in [-0.2, 0) is 0 Å².